The Morgan fingerprint density at radius 2 is 2.20 bits per heavy atom. The van der Waals surface area contributed by atoms with Gasteiger partial charge in [0.2, 0.25) is 0 Å². The summed E-state index contributed by atoms with van der Waals surface area (Å²) in [5.41, 5.74) is 1.92. The largest absolute Gasteiger partial charge is 0.483 e. The fourth-order valence-electron chi connectivity index (χ4n) is 1.69. The summed E-state index contributed by atoms with van der Waals surface area (Å²) < 4.78 is 5.56. The van der Waals surface area contributed by atoms with Gasteiger partial charge < -0.3 is 10.1 Å². The van der Waals surface area contributed by atoms with Crippen LogP contribution in [0.4, 0.5) is 5.13 Å². The van der Waals surface area contributed by atoms with Gasteiger partial charge in [0.25, 0.3) is 5.91 Å². The number of rotatable bonds is 6. The number of aromatic nitrogens is 1. The van der Waals surface area contributed by atoms with Crippen LogP contribution in [0.25, 0.3) is 0 Å². The first-order valence-corrected chi connectivity index (χ1v) is 7.14. The van der Waals surface area contributed by atoms with Crippen LogP contribution in [0.15, 0.2) is 29.6 Å². The molecule has 20 heavy (non-hydrogen) atoms. The highest BCUT2D eigenvalue weighted by molar-refractivity contribution is 7.13. The van der Waals surface area contributed by atoms with E-state index in [0.717, 1.165) is 11.3 Å². The molecule has 0 atom stereocenters. The average Bonchev–Trinajstić information content (AvgIpc) is 2.83. The van der Waals surface area contributed by atoms with Crippen LogP contribution in [0.5, 0.6) is 5.75 Å². The van der Waals surface area contributed by atoms with Crippen LogP contribution < -0.4 is 15.4 Å². The number of amides is 1. The van der Waals surface area contributed by atoms with Crippen LogP contribution in [0, 0.1) is 6.92 Å². The van der Waals surface area contributed by atoms with Crippen molar-refractivity contribution in [3.8, 4) is 5.75 Å². The number of anilines is 1. The monoisotopic (exact) mass is 291 g/mol. The van der Waals surface area contributed by atoms with Crippen molar-refractivity contribution >= 4 is 22.4 Å². The molecule has 0 saturated carbocycles. The van der Waals surface area contributed by atoms with E-state index < -0.39 is 0 Å². The minimum atomic E-state index is -0.210. The zero-order chi connectivity index (χ0) is 14.4. The number of ether oxygens (including phenoxy) is 1. The number of nitrogens with one attached hydrogen (secondary N) is 2. The molecule has 1 amide bonds. The van der Waals surface area contributed by atoms with Gasteiger partial charge in [-0.2, -0.15) is 0 Å². The van der Waals surface area contributed by atoms with Crippen LogP contribution in [0.3, 0.4) is 0 Å². The summed E-state index contributed by atoms with van der Waals surface area (Å²) in [6.45, 7) is 2.56. The van der Waals surface area contributed by atoms with Crippen molar-refractivity contribution in [2.24, 2.45) is 0 Å². The predicted octanol–water partition coefficient (Wildman–Crippen LogP) is 2.19. The lowest BCUT2D eigenvalue weighted by atomic mass is 10.2. The molecule has 2 rings (SSSR count). The number of nitrogens with zero attached hydrogens (tertiary/aromatic N) is 1. The van der Waals surface area contributed by atoms with Gasteiger partial charge in [0.15, 0.2) is 11.7 Å². The van der Waals surface area contributed by atoms with Gasteiger partial charge in [0, 0.05) is 17.5 Å². The summed E-state index contributed by atoms with van der Waals surface area (Å²) in [6.07, 6.45) is 0. The highest BCUT2D eigenvalue weighted by atomic mass is 32.1. The summed E-state index contributed by atoms with van der Waals surface area (Å²) in [5, 5.41) is 8.26. The van der Waals surface area contributed by atoms with Crippen LogP contribution in [0.1, 0.15) is 11.3 Å². The van der Waals surface area contributed by atoms with Gasteiger partial charge in [-0.15, -0.1) is 11.3 Å². The minimum absolute atomic E-state index is 0.0284. The van der Waals surface area contributed by atoms with Gasteiger partial charge in [-0.3, -0.25) is 10.1 Å². The molecule has 1 aromatic carbocycles. The molecule has 0 unspecified atom stereocenters. The lowest BCUT2D eigenvalue weighted by Gasteiger charge is -2.10. The highest BCUT2D eigenvalue weighted by Crippen LogP contribution is 2.18. The van der Waals surface area contributed by atoms with Gasteiger partial charge >= 0.3 is 0 Å². The maximum atomic E-state index is 11.8. The van der Waals surface area contributed by atoms with Crippen molar-refractivity contribution in [3.05, 3.63) is 40.9 Å². The Kier molecular flexibility index (Phi) is 5.09. The van der Waals surface area contributed by atoms with E-state index in [2.05, 4.69) is 15.6 Å². The Bertz CT molecular complexity index is 583. The smallest absolute Gasteiger partial charge is 0.264 e. The molecular weight excluding hydrogens is 274 g/mol. The van der Waals surface area contributed by atoms with Crippen LogP contribution >= 0.6 is 11.3 Å². The Morgan fingerprint density at radius 3 is 2.90 bits per heavy atom. The van der Waals surface area contributed by atoms with Crippen molar-refractivity contribution < 1.29 is 9.53 Å². The third-order valence-electron chi connectivity index (χ3n) is 2.56. The molecule has 0 spiro atoms. The fraction of sp³-hybridized carbons (Fsp3) is 0.286. The highest BCUT2D eigenvalue weighted by Gasteiger charge is 2.08. The molecule has 0 bridgehead atoms. The Morgan fingerprint density at radius 1 is 1.40 bits per heavy atom. The zero-order valence-electron chi connectivity index (χ0n) is 11.5. The molecule has 0 aliphatic rings. The van der Waals surface area contributed by atoms with Crippen molar-refractivity contribution in [1.29, 1.82) is 0 Å². The maximum absolute atomic E-state index is 11.8. The van der Waals surface area contributed by atoms with Crippen molar-refractivity contribution in [3.63, 3.8) is 0 Å². The molecule has 106 valence electrons. The molecule has 0 aliphatic carbocycles. The second-order valence-electron chi connectivity index (χ2n) is 4.27. The Labute approximate surface area is 122 Å². The third-order valence-corrected chi connectivity index (χ3v) is 3.44. The van der Waals surface area contributed by atoms with Gasteiger partial charge in [0.05, 0.1) is 5.69 Å². The molecule has 5 nitrogen and oxygen atoms in total. The van der Waals surface area contributed by atoms with Crippen molar-refractivity contribution in [2.75, 3.05) is 19.0 Å². The number of carbonyl (C=O) groups is 1. The second kappa shape index (κ2) is 7.02. The first-order chi connectivity index (χ1) is 9.69. The quantitative estimate of drug-likeness (QED) is 0.856. The normalized spacial score (nSPS) is 10.3. The first-order valence-electron chi connectivity index (χ1n) is 6.26. The number of carbonyl (C=O) groups excluding carboxylic acids is 1. The molecule has 6 heteroatoms. The van der Waals surface area contributed by atoms with E-state index in [0.29, 0.717) is 17.4 Å². The first kappa shape index (κ1) is 14.5. The maximum Gasteiger partial charge on any atom is 0.264 e. The molecule has 0 saturated heterocycles. The van der Waals surface area contributed by atoms with E-state index in [-0.39, 0.29) is 12.5 Å². The summed E-state index contributed by atoms with van der Waals surface area (Å²) >= 11 is 1.40. The molecule has 0 aliphatic heterocycles. The fourth-order valence-corrected chi connectivity index (χ4v) is 2.40. The van der Waals surface area contributed by atoms with Crippen LogP contribution in [-0.2, 0) is 11.3 Å². The van der Waals surface area contributed by atoms with E-state index in [1.807, 2.05) is 43.6 Å². The molecule has 2 N–H and O–H groups in total. The molecule has 1 heterocycles. The zero-order valence-corrected chi connectivity index (χ0v) is 12.3. The summed E-state index contributed by atoms with van der Waals surface area (Å²) in [4.78, 5) is 16.0. The van der Waals surface area contributed by atoms with E-state index in [9.17, 15) is 4.79 Å². The SMILES string of the molecule is CNCc1ccccc1OCC(=O)Nc1nc(C)cs1. The number of thiazole rings is 1. The van der Waals surface area contributed by atoms with Gasteiger partial charge in [-0.1, -0.05) is 18.2 Å². The average molecular weight is 291 g/mol. The predicted molar refractivity (Wildman–Crippen MR) is 80.2 cm³/mol. The topological polar surface area (TPSA) is 63.2 Å². The number of benzene rings is 1. The Hall–Kier alpha value is -1.92. The third kappa shape index (κ3) is 4.04. The number of hydrogen-bond donors (Lipinski definition) is 2. The summed E-state index contributed by atoms with van der Waals surface area (Å²) in [7, 11) is 1.87. The number of aryl methyl sites for hydroxylation is 1. The molecule has 0 fully saturated rings. The van der Waals surface area contributed by atoms with Gasteiger partial charge in [-0.25, -0.2) is 4.98 Å². The standard InChI is InChI=1S/C14H17N3O2S/c1-10-9-20-14(16-10)17-13(18)8-19-12-6-4-3-5-11(12)7-15-2/h3-6,9,15H,7-8H2,1-2H3,(H,16,17,18). The van der Waals surface area contributed by atoms with Crippen molar-refractivity contribution in [2.45, 2.75) is 13.5 Å². The molecule has 0 radical (unpaired) electrons. The minimum Gasteiger partial charge on any atom is -0.483 e. The lowest BCUT2D eigenvalue weighted by Crippen LogP contribution is -2.20. The molecule has 2 aromatic rings. The van der Waals surface area contributed by atoms with E-state index in [4.69, 9.17) is 4.74 Å². The van der Waals surface area contributed by atoms with Gasteiger partial charge in [-0.05, 0) is 20.0 Å². The van der Waals surface area contributed by atoms with Gasteiger partial charge in [0.1, 0.15) is 5.75 Å². The van der Waals surface area contributed by atoms with Crippen molar-refractivity contribution in [1.82, 2.24) is 10.3 Å². The van der Waals surface area contributed by atoms with E-state index >= 15 is 0 Å². The summed E-state index contributed by atoms with van der Waals surface area (Å²) in [6, 6.07) is 7.65. The number of para-hydroxylation sites is 1. The Balaban J connectivity index is 1.90. The van der Waals surface area contributed by atoms with Crippen LogP contribution in [0.2, 0.25) is 0 Å². The van der Waals surface area contributed by atoms with Crippen LogP contribution in [-0.4, -0.2) is 24.5 Å². The second-order valence-corrected chi connectivity index (χ2v) is 5.13. The summed E-state index contributed by atoms with van der Waals surface area (Å²) in [5.74, 6) is 0.505. The molecule has 1 aromatic heterocycles. The lowest BCUT2D eigenvalue weighted by molar-refractivity contribution is -0.118. The molecular formula is C14H17N3O2S. The van der Waals surface area contributed by atoms with E-state index in [1.165, 1.54) is 11.3 Å². The number of hydrogen-bond acceptors (Lipinski definition) is 5. The van der Waals surface area contributed by atoms with E-state index in [1.54, 1.807) is 0 Å².